The van der Waals surface area contributed by atoms with E-state index in [1.165, 1.54) is 16.4 Å². The van der Waals surface area contributed by atoms with E-state index in [2.05, 4.69) is 103 Å². The zero-order chi connectivity index (χ0) is 18.7. The fourth-order valence-electron chi connectivity index (χ4n) is 3.01. The van der Waals surface area contributed by atoms with Gasteiger partial charge in [0.15, 0.2) is 0 Å². The summed E-state index contributed by atoms with van der Waals surface area (Å²) in [7, 11) is 0. The lowest BCUT2D eigenvalue weighted by Gasteiger charge is -2.15. The monoisotopic (exact) mass is 347 g/mol. The molecule has 0 saturated heterocycles. The van der Waals surface area contributed by atoms with Gasteiger partial charge in [-0.15, -0.1) is 0 Å². The maximum Gasteiger partial charge on any atom is 0.241 e. The Labute approximate surface area is 162 Å². The Kier molecular flexibility index (Phi) is 6.77. The van der Waals surface area contributed by atoms with Gasteiger partial charge in [0.25, 0.3) is 0 Å². The van der Waals surface area contributed by atoms with Crippen molar-refractivity contribution in [2.75, 3.05) is 0 Å². The molecule has 0 N–H and O–H groups in total. The van der Waals surface area contributed by atoms with Crippen molar-refractivity contribution in [1.82, 2.24) is 4.98 Å². The highest BCUT2D eigenvalue weighted by atomic mass is 14.6. The average molecular weight is 347 g/mol. The summed E-state index contributed by atoms with van der Waals surface area (Å²) < 4.78 is 0. The summed E-state index contributed by atoms with van der Waals surface area (Å²) in [6.45, 7) is 3.91. The summed E-state index contributed by atoms with van der Waals surface area (Å²) in [5.41, 5.74) is 5.11. The van der Waals surface area contributed by atoms with Crippen molar-refractivity contribution < 1.29 is 0 Å². The number of rotatable bonds is 4. The fraction of sp³-hybridized carbons (Fsp3) is 0. The predicted octanol–water partition coefficient (Wildman–Crippen LogP) is 3.93. The molecule has 0 aliphatic rings. The van der Waals surface area contributed by atoms with Gasteiger partial charge in [0.2, 0.25) is 6.71 Å². The Morgan fingerprint density at radius 3 is 1.22 bits per heavy atom. The maximum atomic E-state index is 3.85. The highest BCUT2D eigenvalue weighted by Gasteiger charge is 2.20. The lowest BCUT2D eigenvalue weighted by atomic mass is 9.37. The minimum absolute atomic E-state index is 0.309. The molecule has 1 heterocycles. The van der Waals surface area contributed by atoms with Crippen LogP contribution in [0.5, 0.6) is 0 Å². The first-order valence-electron chi connectivity index (χ1n) is 9.06. The largest absolute Gasteiger partial charge is 0.265 e. The first kappa shape index (κ1) is 18.4. The number of aromatic nitrogens is 1. The first-order valence-corrected chi connectivity index (χ1v) is 9.06. The normalized spacial score (nSPS) is 9.63. The average Bonchev–Trinajstić information content (AvgIpc) is 2.77. The Balaban J connectivity index is 0.000000221. The van der Waals surface area contributed by atoms with E-state index in [1.807, 2.05) is 12.1 Å². The van der Waals surface area contributed by atoms with Crippen LogP contribution in [0.1, 0.15) is 5.56 Å². The maximum absolute atomic E-state index is 3.85. The first-order chi connectivity index (χ1) is 13.4. The van der Waals surface area contributed by atoms with Crippen LogP contribution in [0.15, 0.2) is 122 Å². The van der Waals surface area contributed by atoms with Crippen LogP contribution in [-0.4, -0.2) is 11.7 Å². The summed E-state index contributed by atoms with van der Waals surface area (Å²) >= 11 is 0. The minimum Gasteiger partial charge on any atom is -0.265 e. The molecule has 0 unspecified atom stereocenters. The van der Waals surface area contributed by atoms with Gasteiger partial charge in [0, 0.05) is 12.4 Å². The molecule has 2 heteroatoms. The molecule has 0 spiro atoms. The summed E-state index contributed by atoms with van der Waals surface area (Å²) in [4.78, 5) is 3.85. The molecule has 1 aromatic heterocycles. The van der Waals surface area contributed by atoms with Gasteiger partial charge < -0.3 is 0 Å². The molecule has 130 valence electrons. The molecule has 0 radical (unpaired) electrons. The van der Waals surface area contributed by atoms with E-state index < -0.39 is 0 Å². The Bertz CT molecular complexity index is 829. The van der Waals surface area contributed by atoms with E-state index in [1.54, 1.807) is 18.5 Å². The Hall–Kier alpha value is -3.39. The summed E-state index contributed by atoms with van der Waals surface area (Å²) in [6, 6.07) is 35.8. The summed E-state index contributed by atoms with van der Waals surface area (Å²) in [6.07, 6.45) is 5.29. The zero-order valence-electron chi connectivity index (χ0n) is 15.3. The van der Waals surface area contributed by atoms with E-state index in [0.29, 0.717) is 6.71 Å². The van der Waals surface area contributed by atoms with Crippen molar-refractivity contribution in [2.45, 2.75) is 0 Å². The number of nitrogens with zero attached hydrogens (tertiary/aromatic N) is 1. The lowest BCUT2D eigenvalue weighted by molar-refractivity contribution is 1.32. The summed E-state index contributed by atoms with van der Waals surface area (Å²) in [5, 5.41) is 0. The second-order valence-electron chi connectivity index (χ2n) is 6.15. The molecule has 3 aromatic carbocycles. The predicted molar refractivity (Wildman–Crippen MR) is 118 cm³/mol. The van der Waals surface area contributed by atoms with Crippen LogP contribution >= 0.6 is 0 Å². The third-order valence-corrected chi connectivity index (χ3v) is 4.34. The van der Waals surface area contributed by atoms with Gasteiger partial charge in [-0.3, -0.25) is 4.98 Å². The second kappa shape index (κ2) is 9.93. The van der Waals surface area contributed by atoms with Crippen LogP contribution in [0.3, 0.4) is 0 Å². The highest BCUT2D eigenvalue weighted by Crippen LogP contribution is 1.96. The van der Waals surface area contributed by atoms with Crippen molar-refractivity contribution in [3.63, 3.8) is 0 Å². The molecular formula is C25H22BN. The SMILES string of the molecule is C=Cc1ccncc1.c1ccc(B(c2ccccc2)c2ccccc2)cc1. The van der Waals surface area contributed by atoms with Crippen molar-refractivity contribution in [3.05, 3.63) is 128 Å². The van der Waals surface area contributed by atoms with Crippen molar-refractivity contribution in [2.24, 2.45) is 0 Å². The van der Waals surface area contributed by atoms with Gasteiger partial charge in [0.05, 0.1) is 0 Å². The molecule has 0 bridgehead atoms. The molecule has 1 nitrogen and oxygen atoms in total. The van der Waals surface area contributed by atoms with E-state index in [-0.39, 0.29) is 0 Å². The topological polar surface area (TPSA) is 12.9 Å². The van der Waals surface area contributed by atoms with Gasteiger partial charge in [-0.25, -0.2) is 0 Å². The van der Waals surface area contributed by atoms with Crippen molar-refractivity contribution in [1.29, 1.82) is 0 Å². The van der Waals surface area contributed by atoms with Crippen LogP contribution in [0, 0.1) is 0 Å². The molecule has 0 saturated carbocycles. The molecule has 27 heavy (non-hydrogen) atoms. The molecule has 4 aromatic rings. The number of benzene rings is 3. The van der Waals surface area contributed by atoms with Crippen LogP contribution < -0.4 is 16.4 Å². The molecular weight excluding hydrogens is 325 g/mol. The molecule has 0 fully saturated rings. The Morgan fingerprint density at radius 1 is 0.556 bits per heavy atom. The van der Waals surface area contributed by atoms with Gasteiger partial charge in [-0.1, -0.05) is 120 Å². The van der Waals surface area contributed by atoms with Crippen LogP contribution in [0.2, 0.25) is 0 Å². The van der Waals surface area contributed by atoms with Crippen LogP contribution in [-0.2, 0) is 0 Å². The third-order valence-electron chi connectivity index (χ3n) is 4.34. The smallest absolute Gasteiger partial charge is 0.241 e. The minimum atomic E-state index is 0.309. The molecule has 0 atom stereocenters. The van der Waals surface area contributed by atoms with Crippen molar-refractivity contribution in [3.8, 4) is 0 Å². The zero-order valence-corrected chi connectivity index (χ0v) is 15.3. The van der Waals surface area contributed by atoms with Gasteiger partial charge in [0.1, 0.15) is 0 Å². The van der Waals surface area contributed by atoms with Crippen LogP contribution in [0.25, 0.3) is 6.08 Å². The molecule has 4 rings (SSSR count). The number of pyridine rings is 1. The van der Waals surface area contributed by atoms with Gasteiger partial charge >= 0.3 is 0 Å². The van der Waals surface area contributed by atoms with E-state index >= 15 is 0 Å². The molecule has 0 aliphatic heterocycles. The van der Waals surface area contributed by atoms with Gasteiger partial charge in [-0.2, -0.15) is 0 Å². The van der Waals surface area contributed by atoms with Crippen molar-refractivity contribution >= 4 is 29.2 Å². The second-order valence-corrected chi connectivity index (χ2v) is 6.15. The summed E-state index contributed by atoms with van der Waals surface area (Å²) in [5.74, 6) is 0. The standard InChI is InChI=1S/C18H15B.C7H7N/c1-4-10-16(11-5-1)19(17-12-6-2-7-13-17)18-14-8-3-9-15-18;1-2-7-3-5-8-6-4-7/h1-15H;2-6H,1H2. The van der Waals surface area contributed by atoms with E-state index in [9.17, 15) is 0 Å². The van der Waals surface area contributed by atoms with E-state index in [0.717, 1.165) is 5.56 Å². The van der Waals surface area contributed by atoms with Gasteiger partial charge in [-0.05, 0) is 17.7 Å². The molecule has 0 amide bonds. The quantitative estimate of drug-likeness (QED) is 0.510. The molecule has 0 aliphatic carbocycles. The van der Waals surface area contributed by atoms with E-state index in [4.69, 9.17) is 0 Å². The lowest BCUT2D eigenvalue weighted by Crippen LogP contribution is -2.51. The third kappa shape index (κ3) is 5.29. The number of hydrogen-bond acceptors (Lipinski definition) is 1. The highest BCUT2D eigenvalue weighted by molar-refractivity contribution is 6.95. The Morgan fingerprint density at radius 2 is 0.926 bits per heavy atom. The number of hydrogen-bond donors (Lipinski definition) is 0. The van der Waals surface area contributed by atoms with Crippen LogP contribution in [0.4, 0.5) is 0 Å². The fourth-order valence-corrected chi connectivity index (χ4v) is 3.01.